The van der Waals surface area contributed by atoms with Gasteiger partial charge in [-0.3, -0.25) is 9.36 Å². The first-order valence-corrected chi connectivity index (χ1v) is 11.8. The molecule has 0 saturated heterocycles. The first kappa shape index (κ1) is 23.7. The largest absolute Gasteiger partial charge is 0.497 e. The first-order valence-electron chi connectivity index (χ1n) is 10.4. The van der Waals surface area contributed by atoms with Crippen molar-refractivity contribution >= 4 is 35.0 Å². The van der Waals surface area contributed by atoms with Gasteiger partial charge in [-0.05, 0) is 55.0 Å². The first-order chi connectivity index (χ1) is 16.5. The molecule has 0 aliphatic rings. The lowest BCUT2D eigenvalue weighted by Gasteiger charge is -2.13. The van der Waals surface area contributed by atoms with E-state index in [1.165, 1.54) is 18.9 Å². The van der Waals surface area contributed by atoms with Crippen molar-refractivity contribution in [3.63, 3.8) is 0 Å². The van der Waals surface area contributed by atoms with E-state index in [2.05, 4.69) is 15.5 Å². The molecule has 174 valence electrons. The summed E-state index contributed by atoms with van der Waals surface area (Å²) in [6.45, 7) is 1.87. The molecule has 0 radical (unpaired) electrons. The number of anilines is 1. The normalized spacial score (nSPS) is 10.7. The number of methoxy groups -OCH3 is 2. The lowest BCUT2D eigenvalue weighted by Crippen LogP contribution is -2.15. The average molecular weight is 495 g/mol. The van der Waals surface area contributed by atoms with Gasteiger partial charge in [0.25, 0.3) is 0 Å². The summed E-state index contributed by atoms with van der Waals surface area (Å²) < 4.78 is 12.5. The molecular weight excluding hydrogens is 472 g/mol. The number of thioether (sulfide) groups is 1. The molecule has 9 heteroatoms. The molecule has 1 amide bonds. The van der Waals surface area contributed by atoms with E-state index in [0.29, 0.717) is 27.4 Å². The summed E-state index contributed by atoms with van der Waals surface area (Å²) in [6.07, 6.45) is 0. The van der Waals surface area contributed by atoms with Crippen LogP contribution >= 0.6 is 23.4 Å². The summed E-state index contributed by atoms with van der Waals surface area (Å²) in [5.74, 6) is 1.88. The maximum absolute atomic E-state index is 12.8. The van der Waals surface area contributed by atoms with E-state index < -0.39 is 0 Å². The molecule has 1 N–H and O–H groups in total. The molecule has 1 aromatic heterocycles. The zero-order valence-electron chi connectivity index (χ0n) is 18.9. The van der Waals surface area contributed by atoms with Crippen molar-refractivity contribution < 1.29 is 14.3 Å². The number of carbonyl (C=O) groups is 1. The van der Waals surface area contributed by atoms with Gasteiger partial charge >= 0.3 is 0 Å². The maximum Gasteiger partial charge on any atom is 0.234 e. The van der Waals surface area contributed by atoms with E-state index in [-0.39, 0.29) is 11.7 Å². The molecule has 34 heavy (non-hydrogen) atoms. The van der Waals surface area contributed by atoms with Gasteiger partial charge in [-0.2, -0.15) is 0 Å². The molecule has 0 bridgehead atoms. The third-order valence-electron chi connectivity index (χ3n) is 5.08. The zero-order valence-corrected chi connectivity index (χ0v) is 20.5. The van der Waals surface area contributed by atoms with Crippen LogP contribution in [-0.4, -0.2) is 40.6 Å². The van der Waals surface area contributed by atoms with Crippen LogP contribution in [-0.2, 0) is 4.79 Å². The number of benzene rings is 3. The molecule has 0 aliphatic heterocycles. The lowest BCUT2D eigenvalue weighted by molar-refractivity contribution is -0.113. The van der Waals surface area contributed by atoms with Crippen molar-refractivity contribution in [2.75, 3.05) is 25.3 Å². The molecular formula is C25H23ClN4O3S. The summed E-state index contributed by atoms with van der Waals surface area (Å²) in [7, 11) is 3.16. The molecule has 0 unspecified atom stereocenters. The van der Waals surface area contributed by atoms with E-state index in [1.807, 2.05) is 66.1 Å². The number of carbonyl (C=O) groups excluding carboxylic acids is 1. The molecule has 0 saturated carbocycles. The Morgan fingerprint density at radius 2 is 1.76 bits per heavy atom. The summed E-state index contributed by atoms with van der Waals surface area (Å²) in [5, 5.41) is 12.9. The number of ether oxygens (including phenoxy) is 2. The van der Waals surface area contributed by atoms with Gasteiger partial charge in [-0.15, -0.1) is 10.2 Å². The van der Waals surface area contributed by atoms with Crippen LogP contribution in [0.3, 0.4) is 0 Å². The molecule has 0 aliphatic carbocycles. The van der Waals surface area contributed by atoms with Crippen LogP contribution in [0.5, 0.6) is 11.5 Å². The number of aromatic nitrogens is 3. The van der Waals surface area contributed by atoms with Gasteiger partial charge in [0.15, 0.2) is 11.0 Å². The number of hydrogen-bond donors (Lipinski definition) is 1. The monoisotopic (exact) mass is 494 g/mol. The van der Waals surface area contributed by atoms with Gasteiger partial charge in [0.2, 0.25) is 5.91 Å². The van der Waals surface area contributed by atoms with Crippen molar-refractivity contribution in [3.8, 4) is 28.6 Å². The van der Waals surface area contributed by atoms with Crippen molar-refractivity contribution in [3.05, 3.63) is 77.3 Å². The van der Waals surface area contributed by atoms with Crippen molar-refractivity contribution in [1.82, 2.24) is 14.8 Å². The predicted molar refractivity (Wildman–Crippen MR) is 135 cm³/mol. The van der Waals surface area contributed by atoms with Gasteiger partial charge in [0.05, 0.1) is 25.7 Å². The molecule has 0 atom stereocenters. The van der Waals surface area contributed by atoms with Crippen LogP contribution in [0.1, 0.15) is 5.56 Å². The highest BCUT2D eigenvalue weighted by Gasteiger charge is 2.18. The van der Waals surface area contributed by atoms with Gasteiger partial charge in [-0.1, -0.05) is 41.6 Å². The Morgan fingerprint density at radius 1 is 1.03 bits per heavy atom. The number of halogens is 1. The van der Waals surface area contributed by atoms with Crippen LogP contribution in [0.4, 0.5) is 5.69 Å². The van der Waals surface area contributed by atoms with Crippen LogP contribution < -0.4 is 14.8 Å². The summed E-state index contributed by atoms with van der Waals surface area (Å²) in [6, 6.07) is 20.9. The predicted octanol–water partition coefficient (Wildman–Crippen LogP) is 5.64. The maximum atomic E-state index is 12.8. The minimum atomic E-state index is -0.196. The van der Waals surface area contributed by atoms with E-state index in [4.69, 9.17) is 21.1 Å². The van der Waals surface area contributed by atoms with Gasteiger partial charge in [0.1, 0.15) is 11.5 Å². The molecule has 7 nitrogen and oxygen atoms in total. The number of aryl methyl sites for hydroxylation is 1. The van der Waals surface area contributed by atoms with Crippen LogP contribution in [0, 0.1) is 6.92 Å². The van der Waals surface area contributed by atoms with Crippen molar-refractivity contribution in [2.45, 2.75) is 12.1 Å². The molecule has 3 aromatic carbocycles. The number of nitrogens with one attached hydrogen (secondary N) is 1. The minimum Gasteiger partial charge on any atom is -0.497 e. The highest BCUT2D eigenvalue weighted by molar-refractivity contribution is 7.99. The number of para-hydroxylation sites is 1. The number of nitrogens with zero attached hydrogens (tertiary/aromatic N) is 3. The quantitative estimate of drug-likeness (QED) is 0.319. The highest BCUT2D eigenvalue weighted by atomic mass is 35.5. The Hall–Kier alpha value is -3.49. The molecule has 0 spiro atoms. The van der Waals surface area contributed by atoms with Crippen molar-refractivity contribution in [1.29, 1.82) is 0 Å². The number of amides is 1. The second-order valence-electron chi connectivity index (χ2n) is 7.34. The summed E-state index contributed by atoms with van der Waals surface area (Å²) >= 11 is 7.46. The standard InChI is InChI=1S/C25H23ClN4O3S/c1-16-13-21(22(33-3)14-20(16)26)27-23(31)15-34-25-29-28-24(17-9-11-19(32-2)12-10-17)30(25)18-7-5-4-6-8-18/h4-14H,15H2,1-3H3,(H,27,31). The fourth-order valence-electron chi connectivity index (χ4n) is 3.35. The smallest absolute Gasteiger partial charge is 0.234 e. The number of hydrogen-bond acceptors (Lipinski definition) is 6. The fraction of sp³-hybridized carbons (Fsp3) is 0.160. The van der Waals surface area contributed by atoms with Crippen LogP contribution in [0.15, 0.2) is 71.9 Å². The number of rotatable bonds is 8. The zero-order chi connectivity index (χ0) is 24.1. The van der Waals surface area contributed by atoms with E-state index in [0.717, 1.165) is 22.6 Å². The second kappa shape index (κ2) is 10.6. The van der Waals surface area contributed by atoms with Gasteiger partial charge in [0, 0.05) is 22.3 Å². The Labute approximate surface area is 207 Å². The van der Waals surface area contributed by atoms with Crippen molar-refractivity contribution in [2.24, 2.45) is 0 Å². The van der Waals surface area contributed by atoms with Gasteiger partial charge in [-0.25, -0.2) is 0 Å². The molecule has 4 aromatic rings. The van der Waals surface area contributed by atoms with Crippen LogP contribution in [0.2, 0.25) is 5.02 Å². The SMILES string of the molecule is COc1ccc(-c2nnc(SCC(=O)Nc3cc(C)c(Cl)cc3OC)n2-c2ccccc2)cc1. The Kier molecular flexibility index (Phi) is 7.40. The fourth-order valence-corrected chi connectivity index (χ4v) is 4.25. The molecule has 4 rings (SSSR count). The topological polar surface area (TPSA) is 78.3 Å². The van der Waals surface area contributed by atoms with E-state index in [9.17, 15) is 4.79 Å². The second-order valence-corrected chi connectivity index (χ2v) is 8.69. The molecule has 1 heterocycles. The summed E-state index contributed by atoms with van der Waals surface area (Å²) in [4.78, 5) is 12.8. The lowest BCUT2D eigenvalue weighted by atomic mass is 10.2. The Balaban J connectivity index is 1.58. The Morgan fingerprint density at radius 3 is 2.44 bits per heavy atom. The van der Waals surface area contributed by atoms with Crippen LogP contribution in [0.25, 0.3) is 17.1 Å². The van der Waals surface area contributed by atoms with E-state index in [1.54, 1.807) is 19.2 Å². The minimum absolute atomic E-state index is 0.137. The third kappa shape index (κ3) is 5.18. The molecule has 0 fully saturated rings. The highest BCUT2D eigenvalue weighted by Crippen LogP contribution is 2.32. The van der Waals surface area contributed by atoms with E-state index >= 15 is 0 Å². The summed E-state index contributed by atoms with van der Waals surface area (Å²) in [5.41, 5.74) is 3.20. The third-order valence-corrected chi connectivity index (χ3v) is 6.42. The Bertz CT molecular complexity index is 1290. The average Bonchev–Trinajstić information content (AvgIpc) is 3.29. The van der Waals surface area contributed by atoms with Gasteiger partial charge < -0.3 is 14.8 Å².